The van der Waals surface area contributed by atoms with Crippen LogP contribution in [0, 0.1) is 0 Å². The van der Waals surface area contributed by atoms with Crippen molar-refractivity contribution in [3.8, 4) is 0 Å². The zero-order chi connectivity index (χ0) is 24.4. The minimum atomic E-state index is -0.533. The van der Waals surface area contributed by atoms with Crippen molar-refractivity contribution in [3.05, 3.63) is 66.7 Å². The van der Waals surface area contributed by atoms with Crippen molar-refractivity contribution in [3.63, 3.8) is 0 Å². The monoisotopic (exact) mass is 492 g/mol. The van der Waals surface area contributed by atoms with Crippen LogP contribution in [0.4, 0.5) is 21.9 Å². The maximum atomic E-state index is 12.6. The average Bonchev–Trinajstić information content (AvgIpc) is 3.43. The Morgan fingerprint density at radius 3 is 2.49 bits per heavy atom. The van der Waals surface area contributed by atoms with Gasteiger partial charge in [-0.1, -0.05) is 36.4 Å². The molecule has 1 amide bonds. The molecule has 4 unspecified atom stereocenters. The van der Waals surface area contributed by atoms with Gasteiger partial charge in [0, 0.05) is 30.9 Å². The van der Waals surface area contributed by atoms with Gasteiger partial charge >= 0.3 is 6.09 Å². The number of benzene rings is 3. The summed E-state index contributed by atoms with van der Waals surface area (Å²) >= 11 is 5.49. The van der Waals surface area contributed by atoms with Gasteiger partial charge in [0.15, 0.2) is 11.2 Å². The first kappa shape index (κ1) is 23.3. The standard InChI is InChI=1S/C26H28N4O4S/c1-30(2)18-12-10-17(11-13-18)27-25(35)28-21-14-32-24-22(15-33-23(21)24)34-26(31)29-20-9-5-7-16-6-3-4-8-19(16)20/h3-13,21-24H,14-15H2,1-2H3,(H,29,31)(H2,27,28,35). The van der Waals surface area contributed by atoms with Gasteiger partial charge in [-0.25, -0.2) is 4.79 Å². The molecule has 2 saturated heterocycles. The first-order chi connectivity index (χ1) is 17.0. The Morgan fingerprint density at radius 1 is 0.943 bits per heavy atom. The van der Waals surface area contributed by atoms with E-state index in [4.69, 9.17) is 26.4 Å². The molecule has 0 radical (unpaired) electrons. The van der Waals surface area contributed by atoms with Crippen LogP contribution in [0.5, 0.6) is 0 Å². The van der Waals surface area contributed by atoms with Crippen LogP contribution in [-0.4, -0.2) is 62.9 Å². The highest BCUT2D eigenvalue weighted by molar-refractivity contribution is 7.80. The Morgan fingerprint density at radius 2 is 1.69 bits per heavy atom. The Labute approximate surface area is 209 Å². The van der Waals surface area contributed by atoms with Gasteiger partial charge in [-0.2, -0.15) is 0 Å². The molecule has 35 heavy (non-hydrogen) atoms. The lowest BCUT2D eigenvalue weighted by Gasteiger charge is -2.20. The van der Waals surface area contributed by atoms with Crippen LogP contribution in [0.3, 0.4) is 0 Å². The highest BCUT2D eigenvalue weighted by Crippen LogP contribution is 2.30. The molecule has 182 valence electrons. The number of nitrogens with zero attached hydrogens (tertiary/aromatic N) is 1. The van der Waals surface area contributed by atoms with Crippen LogP contribution in [0.25, 0.3) is 10.8 Å². The molecule has 2 heterocycles. The fourth-order valence-corrected chi connectivity index (χ4v) is 4.75. The van der Waals surface area contributed by atoms with E-state index in [0.717, 1.165) is 22.1 Å². The van der Waals surface area contributed by atoms with Gasteiger partial charge in [-0.3, -0.25) is 5.32 Å². The van der Waals surface area contributed by atoms with E-state index in [1.54, 1.807) is 0 Å². The van der Waals surface area contributed by atoms with Crippen molar-refractivity contribution >= 4 is 51.3 Å². The van der Waals surface area contributed by atoms with Crippen molar-refractivity contribution in [1.29, 1.82) is 0 Å². The number of hydrogen-bond donors (Lipinski definition) is 3. The molecule has 3 aromatic carbocycles. The van der Waals surface area contributed by atoms with Gasteiger partial charge in [-0.15, -0.1) is 0 Å². The smallest absolute Gasteiger partial charge is 0.412 e. The summed E-state index contributed by atoms with van der Waals surface area (Å²) < 4.78 is 17.5. The van der Waals surface area contributed by atoms with Gasteiger partial charge < -0.3 is 29.7 Å². The molecule has 0 aromatic heterocycles. The molecule has 3 N–H and O–H groups in total. The van der Waals surface area contributed by atoms with Crippen LogP contribution < -0.4 is 20.9 Å². The largest absolute Gasteiger partial charge is 0.441 e. The highest BCUT2D eigenvalue weighted by Gasteiger charge is 2.49. The molecule has 0 spiro atoms. The number of fused-ring (bicyclic) bond motifs is 2. The van der Waals surface area contributed by atoms with E-state index >= 15 is 0 Å². The van der Waals surface area contributed by atoms with E-state index in [1.165, 1.54) is 0 Å². The molecule has 5 rings (SSSR count). The van der Waals surface area contributed by atoms with Gasteiger partial charge in [-0.05, 0) is 47.9 Å². The van der Waals surface area contributed by atoms with Crippen molar-refractivity contribution in [2.75, 3.05) is 42.8 Å². The first-order valence-electron chi connectivity index (χ1n) is 11.5. The number of thiocarbonyl (C=S) groups is 1. The molecular formula is C26H28N4O4S. The second-order valence-electron chi connectivity index (χ2n) is 8.84. The van der Waals surface area contributed by atoms with Crippen molar-refractivity contribution in [2.24, 2.45) is 0 Å². The van der Waals surface area contributed by atoms with Crippen molar-refractivity contribution in [2.45, 2.75) is 24.4 Å². The Bertz CT molecular complexity index is 1210. The number of nitrogens with one attached hydrogen (secondary N) is 3. The lowest BCUT2D eigenvalue weighted by Crippen LogP contribution is -2.46. The van der Waals surface area contributed by atoms with E-state index in [9.17, 15) is 4.79 Å². The maximum Gasteiger partial charge on any atom is 0.412 e. The van der Waals surface area contributed by atoms with Gasteiger partial charge in [0.05, 0.1) is 24.9 Å². The molecule has 8 nitrogen and oxygen atoms in total. The number of rotatable bonds is 5. The summed E-state index contributed by atoms with van der Waals surface area (Å²) in [5.74, 6) is 0. The van der Waals surface area contributed by atoms with E-state index in [1.807, 2.05) is 85.7 Å². The maximum absolute atomic E-state index is 12.6. The Balaban J connectivity index is 1.14. The predicted molar refractivity (Wildman–Crippen MR) is 141 cm³/mol. The average molecular weight is 493 g/mol. The highest BCUT2D eigenvalue weighted by atomic mass is 32.1. The number of carbonyl (C=O) groups excluding carboxylic acids is 1. The summed E-state index contributed by atoms with van der Waals surface area (Å²) in [5.41, 5.74) is 2.70. The molecule has 0 saturated carbocycles. The van der Waals surface area contributed by atoms with E-state index in [2.05, 4.69) is 16.0 Å². The van der Waals surface area contributed by atoms with Gasteiger partial charge in [0.25, 0.3) is 0 Å². The van der Waals surface area contributed by atoms with E-state index < -0.39 is 12.2 Å². The van der Waals surface area contributed by atoms with Gasteiger partial charge in [0.2, 0.25) is 0 Å². The lowest BCUT2D eigenvalue weighted by molar-refractivity contribution is 0.00881. The van der Waals surface area contributed by atoms with Crippen LogP contribution in [0.1, 0.15) is 0 Å². The minimum Gasteiger partial charge on any atom is -0.441 e. The predicted octanol–water partition coefficient (Wildman–Crippen LogP) is 3.98. The Hall–Kier alpha value is -3.40. The molecule has 0 bridgehead atoms. The number of anilines is 3. The zero-order valence-electron chi connectivity index (χ0n) is 19.6. The number of hydrogen-bond acceptors (Lipinski definition) is 6. The molecule has 2 aliphatic rings. The summed E-state index contributed by atoms with van der Waals surface area (Å²) in [4.78, 5) is 14.7. The number of ether oxygens (including phenoxy) is 3. The fourth-order valence-electron chi connectivity index (χ4n) is 4.48. The molecular weight excluding hydrogens is 464 g/mol. The molecule has 4 atom stereocenters. The van der Waals surface area contributed by atoms with E-state index in [0.29, 0.717) is 17.4 Å². The van der Waals surface area contributed by atoms with Gasteiger partial charge in [0.1, 0.15) is 12.2 Å². The molecule has 9 heteroatoms. The van der Waals surface area contributed by atoms with Crippen LogP contribution >= 0.6 is 12.2 Å². The zero-order valence-corrected chi connectivity index (χ0v) is 20.4. The van der Waals surface area contributed by atoms with Crippen molar-refractivity contribution < 1.29 is 19.0 Å². The summed E-state index contributed by atoms with van der Waals surface area (Å²) in [7, 11) is 3.99. The minimum absolute atomic E-state index is 0.143. The summed E-state index contributed by atoms with van der Waals surface area (Å²) in [5, 5.41) is 11.8. The SMILES string of the molecule is CN(C)c1ccc(NC(=S)NC2COC3C(OC(=O)Nc4cccc5ccccc45)COC23)cc1. The molecule has 2 aliphatic heterocycles. The molecule has 3 aromatic rings. The molecule has 2 fully saturated rings. The normalized spacial score (nSPS) is 22.9. The third-order valence-electron chi connectivity index (χ3n) is 6.25. The second kappa shape index (κ2) is 10.1. The van der Waals surface area contributed by atoms with Crippen LogP contribution in [-0.2, 0) is 14.2 Å². The van der Waals surface area contributed by atoms with Crippen LogP contribution in [0.15, 0.2) is 66.7 Å². The lowest BCUT2D eigenvalue weighted by atomic mass is 10.1. The van der Waals surface area contributed by atoms with Crippen LogP contribution in [0.2, 0.25) is 0 Å². The number of carbonyl (C=O) groups is 1. The molecule has 0 aliphatic carbocycles. The summed E-state index contributed by atoms with van der Waals surface area (Å²) in [6, 6.07) is 21.5. The third kappa shape index (κ3) is 5.17. The summed E-state index contributed by atoms with van der Waals surface area (Å²) in [6.07, 6.45) is -1.65. The Kier molecular flexibility index (Phi) is 6.72. The van der Waals surface area contributed by atoms with E-state index in [-0.39, 0.29) is 24.9 Å². The first-order valence-corrected chi connectivity index (χ1v) is 11.9. The fraction of sp³-hybridized carbons (Fsp3) is 0.308. The third-order valence-corrected chi connectivity index (χ3v) is 6.47. The topological polar surface area (TPSA) is 84.1 Å². The number of amides is 1. The quantitative estimate of drug-likeness (QED) is 0.462. The summed E-state index contributed by atoms with van der Waals surface area (Å²) in [6.45, 7) is 0.671. The second-order valence-corrected chi connectivity index (χ2v) is 9.25. The van der Waals surface area contributed by atoms with Crippen molar-refractivity contribution in [1.82, 2.24) is 5.32 Å².